The zero-order chi connectivity index (χ0) is 16.2. The third kappa shape index (κ3) is 3.49. The molecule has 0 unspecified atom stereocenters. The van der Waals surface area contributed by atoms with Gasteiger partial charge < -0.3 is 19.8 Å². The monoisotopic (exact) mass is 318 g/mol. The summed E-state index contributed by atoms with van der Waals surface area (Å²) in [5, 5.41) is 21.9. The highest BCUT2D eigenvalue weighted by Crippen LogP contribution is 2.14. The summed E-state index contributed by atoms with van der Waals surface area (Å²) in [5.41, 5.74) is 0. The number of hydrogen-bond donors (Lipinski definition) is 2. The van der Waals surface area contributed by atoms with E-state index < -0.39 is 0 Å². The highest BCUT2D eigenvalue weighted by Gasteiger charge is 2.17. The van der Waals surface area contributed by atoms with Gasteiger partial charge in [0, 0.05) is 20.0 Å². The fraction of sp³-hybridized carbons (Fsp3) is 0.643. The van der Waals surface area contributed by atoms with Crippen molar-refractivity contribution in [1.29, 1.82) is 0 Å². The van der Waals surface area contributed by atoms with Crippen LogP contribution in [0.15, 0.2) is 6.33 Å². The maximum absolute atomic E-state index is 12.1. The highest BCUT2D eigenvalue weighted by atomic mass is 16.2. The lowest BCUT2D eigenvalue weighted by molar-refractivity contribution is 0.236. The van der Waals surface area contributed by atoms with Gasteiger partial charge in [-0.05, 0) is 19.8 Å². The molecule has 0 fully saturated rings. The molecule has 0 saturated carbocycles. The molecule has 2 aromatic rings. The largest absolute Gasteiger partial charge is 0.331 e. The van der Waals surface area contributed by atoms with Gasteiger partial charge in [-0.3, -0.25) is 0 Å². The van der Waals surface area contributed by atoms with Gasteiger partial charge in [0.25, 0.3) is 0 Å². The molecule has 124 valence electrons. The number of fused-ring (bicyclic) bond motifs is 1. The van der Waals surface area contributed by atoms with Gasteiger partial charge >= 0.3 is 6.03 Å². The number of carbonyl (C=O) groups excluding carboxylic acids is 1. The van der Waals surface area contributed by atoms with Crippen LogP contribution < -0.4 is 10.6 Å². The third-order valence-electron chi connectivity index (χ3n) is 4.07. The van der Waals surface area contributed by atoms with Crippen LogP contribution in [0.1, 0.15) is 49.7 Å². The molecule has 0 spiro atoms. The number of amides is 2. The molecule has 0 aromatic carbocycles. The molecule has 1 aliphatic rings. The van der Waals surface area contributed by atoms with Crippen LogP contribution in [0.25, 0.3) is 0 Å². The zero-order valence-corrected chi connectivity index (χ0v) is 13.5. The highest BCUT2D eigenvalue weighted by molar-refractivity contribution is 5.74. The van der Waals surface area contributed by atoms with Gasteiger partial charge in [0.1, 0.15) is 12.2 Å². The van der Waals surface area contributed by atoms with Gasteiger partial charge in [-0.1, -0.05) is 6.42 Å². The summed E-state index contributed by atoms with van der Waals surface area (Å²) >= 11 is 0. The van der Waals surface area contributed by atoms with Crippen molar-refractivity contribution < 1.29 is 4.79 Å². The number of carbonyl (C=O) groups is 1. The van der Waals surface area contributed by atoms with Gasteiger partial charge in [-0.15, -0.1) is 20.4 Å². The summed E-state index contributed by atoms with van der Waals surface area (Å²) in [5.74, 6) is 2.53. The van der Waals surface area contributed by atoms with Crippen molar-refractivity contribution in [3.05, 3.63) is 23.8 Å². The molecule has 3 rings (SSSR count). The molecule has 9 heteroatoms. The predicted octanol–water partition coefficient (Wildman–Crippen LogP) is 0.693. The average molecular weight is 318 g/mol. The standard InChI is InChI=1S/C14H22N8O/c1-10(13-20-16-9-21(13)2)17-14(23)15-8-12-19-18-11-6-4-3-5-7-22(11)12/h9-10H,3-8H2,1-2H3,(H2,15,17,23)/t10-/m0/s1. The smallest absolute Gasteiger partial charge is 0.315 e. The molecule has 23 heavy (non-hydrogen) atoms. The van der Waals surface area contributed by atoms with Crippen LogP contribution >= 0.6 is 0 Å². The van der Waals surface area contributed by atoms with Crippen molar-refractivity contribution in [2.24, 2.45) is 7.05 Å². The van der Waals surface area contributed by atoms with E-state index in [1.165, 1.54) is 6.42 Å². The fourth-order valence-electron chi connectivity index (χ4n) is 2.83. The van der Waals surface area contributed by atoms with Gasteiger partial charge in [-0.2, -0.15) is 0 Å². The first-order chi connectivity index (χ1) is 11.1. The lowest BCUT2D eigenvalue weighted by atomic mass is 10.2. The Morgan fingerprint density at radius 1 is 1.30 bits per heavy atom. The van der Waals surface area contributed by atoms with Crippen molar-refractivity contribution in [1.82, 2.24) is 40.2 Å². The first-order valence-corrected chi connectivity index (χ1v) is 7.94. The SMILES string of the molecule is C[C@H](NC(=O)NCc1nnc2n1CCCCC2)c1nncn1C. The van der Waals surface area contributed by atoms with Crippen LogP contribution in [-0.2, 0) is 26.6 Å². The summed E-state index contributed by atoms with van der Waals surface area (Å²) in [6.45, 7) is 3.16. The zero-order valence-electron chi connectivity index (χ0n) is 13.5. The van der Waals surface area contributed by atoms with Crippen molar-refractivity contribution in [3.8, 4) is 0 Å². The molecule has 0 radical (unpaired) electrons. The van der Waals surface area contributed by atoms with Crippen LogP contribution in [0.5, 0.6) is 0 Å². The second-order valence-electron chi connectivity index (χ2n) is 5.84. The van der Waals surface area contributed by atoms with Crippen molar-refractivity contribution >= 4 is 6.03 Å². The summed E-state index contributed by atoms with van der Waals surface area (Å²) in [6.07, 6.45) is 6.07. The molecule has 2 aromatic heterocycles. The maximum atomic E-state index is 12.1. The van der Waals surface area contributed by atoms with Gasteiger partial charge in [0.2, 0.25) is 0 Å². The Bertz CT molecular complexity index is 676. The quantitative estimate of drug-likeness (QED) is 0.863. The minimum atomic E-state index is -0.258. The van der Waals surface area contributed by atoms with Crippen LogP contribution in [0.3, 0.4) is 0 Å². The first kappa shape index (κ1) is 15.4. The fourth-order valence-corrected chi connectivity index (χ4v) is 2.83. The molecule has 0 aliphatic carbocycles. The average Bonchev–Trinajstić information content (AvgIpc) is 3.04. The minimum Gasteiger partial charge on any atom is -0.331 e. The summed E-state index contributed by atoms with van der Waals surface area (Å²) in [6, 6.07) is -0.482. The lowest BCUT2D eigenvalue weighted by Gasteiger charge is -2.14. The van der Waals surface area contributed by atoms with Crippen LogP contribution in [0.4, 0.5) is 4.79 Å². The van der Waals surface area contributed by atoms with E-state index in [1.54, 1.807) is 10.9 Å². The second kappa shape index (κ2) is 6.76. The molecule has 2 N–H and O–H groups in total. The molecule has 9 nitrogen and oxygen atoms in total. The molecule has 1 aliphatic heterocycles. The Morgan fingerprint density at radius 3 is 2.96 bits per heavy atom. The first-order valence-electron chi connectivity index (χ1n) is 7.94. The van der Waals surface area contributed by atoms with Gasteiger partial charge in [0.15, 0.2) is 11.6 Å². The normalized spacial score (nSPS) is 15.6. The Labute approximate surface area is 134 Å². The van der Waals surface area contributed by atoms with E-state index in [4.69, 9.17) is 0 Å². The van der Waals surface area contributed by atoms with Crippen molar-refractivity contribution in [2.75, 3.05) is 0 Å². The van der Waals surface area contributed by atoms with E-state index in [0.29, 0.717) is 12.4 Å². The number of hydrogen-bond acceptors (Lipinski definition) is 5. The maximum Gasteiger partial charge on any atom is 0.315 e. The molecule has 0 bridgehead atoms. The van der Waals surface area contributed by atoms with Crippen LogP contribution in [-0.4, -0.2) is 35.6 Å². The molecular formula is C14H22N8O. The predicted molar refractivity (Wildman–Crippen MR) is 82.4 cm³/mol. The molecule has 3 heterocycles. The number of rotatable bonds is 4. The molecule has 1 atom stereocenters. The number of nitrogens with zero attached hydrogens (tertiary/aromatic N) is 6. The summed E-state index contributed by atoms with van der Waals surface area (Å²) in [7, 11) is 1.84. The molecular weight excluding hydrogens is 296 g/mol. The Morgan fingerprint density at radius 2 is 2.17 bits per heavy atom. The number of urea groups is 1. The van der Waals surface area contributed by atoms with E-state index in [2.05, 4.69) is 35.6 Å². The minimum absolute atomic E-state index is 0.224. The number of aromatic nitrogens is 6. The van der Waals surface area contributed by atoms with E-state index in [0.717, 1.165) is 37.5 Å². The van der Waals surface area contributed by atoms with E-state index >= 15 is 0 Å². The van der Waals surface area contributed by atoms with Crippen molar-refractivity contribution in [3.63, 3.8) is 0 Å². The number of aryl methyl sites for hydroxylation is 2. The van der Waals surface area contributed by atoms with Crippen LogP contribution in [0, 0.1) is 0 Å². The Kier molecular flexibility index (Phi) is 4.54. The summed E-state index contributed by atoms with van der Waals surface area (Å²) in [4.78, 5) is 12.1. The molecule has 2 amide bonds. The van der Waals surface area contributed by atoms with Crippen LogP contribution in [0.2, 0.25) is 0 Å². The number of nitrogens with one attached hydrogen (secondary N) is 2. The topological polar surface area (TPSA) is 103 Å². The Hall–Kier alpha value is -2.45. The molecule has 0 saturated heterocycles. The van der Waals surface area contributed by atoms with Crippen molar-refractivity contribution in [2.45, 2.75) is 51.7 Å². The van der Waals surface area contributed by atoms with E-state index in [-0.39, 0.29) is 12.1 Å². The second-order valence-corrected chi connectivity index (χ2v) is 5.84. The van der Waals surface area contributed by atoms with Gasteiger partial charge in [0.05, 0.1) is 12.6 Å². The van der Waals surface area contributed by atoms with E-state index in [1.807, 2.05) is 14.0 Å². The Balaban J connectivity index is 1.55. The van der Waals surface area contributed by atoms with Gasteiger partial charge in [-0.25, -0.2) is 4.79 Å². The third-order valence-corrected chi connectivity index (χ3v) is 4.07. The summed E-state index contributed by atoms with van der Waals surface area (Å²) < 4.78 is 3.91. The lowest BCUT2D eigenvalue weighted by Crippen LogP contribution is -2.38. The van der Waals surface area contributed by atoms with E-state index in [9.17, 15) is 4.79 Å².